The fraction of sp³-hybridized carbons (Fsp3) is 0.133. The smallest absolute Gasteiger partial charge is 0.265 e. The van der Waals surface area contributed by atoms with Crippen LogP contribution in [0.15, 0.2) is 42.5 Å². The SMILES string of the molecule is C[C@@H](Oc1ccc(I)cc1)C(=O)Nc1ccc(F)c(F)c1. The average molecular weight is 403 g/mol. The molecule has 0 spiro atoms. The van der Waals surface area contributed by atoms with Gasteiger partial charge in [-0.3, -0.25) is 4.79 Å². The van der Waals surface area contributed by atoms with Gasteiger partial charge >= 0.3 is 0 Å². The van der Waals surface area contributed by atoms with Crippen LogP contribution in [0.1, 0.15) is 6.92 Å². The number of anilines is 1. The van der Waals surface area contributed by atoms with Crippen LogP contribution in [-0.2, 0) is 4.79 Å². The van der Waals surface area contributed by atoms with Crippen LogP contribution in [0.4, 0.5) is 14.5 Å². The van der Waals surface area contributed by atoms with Gasteiger partial charge in [0.25, 0.3) is 5.91 Å². The first-order chi connectivity index (χ1) is 9.95. The molecule has 1 N–H and O–H groups in total. The normalized spacial score (nSPS) is 11.8. The summed E-state index contributed by atoms with van der Waals surface area (Å²) in [6, 6.07) is 10.4. The second kappa shape index (κ2) is 6.84. The van der Waals surface area contributed by atoms with Crippen molar-refractivity contribution in [3.05, 3.63) is 57.7 Å². The van der Waals surface area contributed by atoms with E-state index in [1.165, 1.54) is 6.07 Å². The molecule has 0 saturated heterocycles. The van der Waals surface area contributed by atoms with Crippen LogP contribution in [0.5, 0.6) is 5.75 Å². The van der Waals surface area contributed by atoms with Crippen molar-refractivity contribution in [2.45, 2.75) is 13.0 Å². The number of hydrogen-bond donors (Lipinski definition) is 1. The van der Waals surface area contributed by atoms with E-state index >= 15 is 0 Å². The van der Waals surface area contributed by atoms with Crippen LogP contribution in [0.3, 0.4) is 0 Å². The van der Waals surface area contributed by atoms with Crippen molar-refractivity contribution in [3.8, 4) is 5.75 Å². The number of ether oxygens (including phenoxy) is 1. The highest BCUT2D eigenvalue weighted by atomic mass is 127. The van der Waals surface area contributed by atoms with Crippen molar-refractivity contribution >= 4 is 34.2 Å². The molecule has 0 bridgehead atoms. The maximum Gasteiger partial charge on any atom is 0.265 e. The molecule has 3 nitrogen and oxygen atoms in total. The van der Waals surface area contributed by atoms with Gasteiger partial charge in [-0.25, -0.2) is 8.78 Å². The quantitative estimate of drug-likeness (QED) is 0.785. The Labute approximate surface area is 134 Å². The Morgan fingerprint density at radius 1 is 1.14 bits per heavy atom. The van der Waals surface area contributed by atoms with Crippen molar-refractivity contribution in [1.29, 1.82) is 0 Å². The lowest BCUT2D eigenvalue weighted by Gasteiger charge is -2.15. The number of carbonyl (C=O) groups excluding carboxylic acids is 1. The molecular formula is C15H12F2INO2. The van der Waals surface area contributed by atoms with Gasteiger partial charge in [-0.1, -0.05) is 0 Å². The average Bonchev–Trinajstić information content (AvgIpc) is 2.45. The first-order valence-electron chi connectivity index (χ1n) is 6.14. The summed E-state index contributed by atoms with van der Waals surface area (Å²) in [5.74, 6) is -1.86. The highest BCUT2D eigenvalue weighted by Crippen LogP contribution is 2.17. The Morgan fingerprint density at radius 2 is 1.81 bits per heavy atom. The van der Waals surface area contributed by atoms with E-state index in [0.717, 1.165) is 15.7 Å². The number of benzene rings is 2. The third-order valence-corrected chi connectivity index (χ3v) is 3.40. The molecule has 0 aliphatic rings. The number of rotatable bonds is 4. The van der Waals surface area contributed by atoms with Gasteiger partial charge in [-0.15, -0.1) is 0 Å². The number of amides is 1. The van der Waals surface area contributed by atoms with Crippen LogP contribution in [0.25, 0.3) is 0 Å². The molecule has 0 saturated carbocycles. The second-order valence-corrected chi connectivity index (χ2v) is 5.58. The van der Waals surface area contributed by atoms with Gasteiger partial charge in [0.15, 0.2) is 17.7 Å². The van der Waals surface area contributed by atoms with E-state index in [1.54, 1.807) is 19.1 Å². The van der Waals surface area contributed by atoms with Gasteiger partial charge in [0.05, 0.1) is 0 Å². The summed E-state index contributed by atoms with van der Waals surface area (Å²) in [5.41, 5.74) is 0.178. The van der Waals surface area contributed by atoms with E-state index in [-0.39, 0.29) is 5.69 Å². The molecule has 0 unspecified atom stereocenters. The minimum Gasteiger partial charge on any atom is -0.481 e. The van der Waals surface area contributed by atoms with Crippen LogP contribution >= 0.6 is 22.6 Å². The molecule has 0 aromatic heterocycles. The molecule has 2 rings (SSSR count). The molecule has 21 heavy (non-hydrogen) atoms. The summed E-state index contributed by atoms with van der Waals surface area (Å²) in [7, 11) is 0. The van der Waals surface area contributed by atoms with Crippen LogP contribution in [-0.4, -0.2) is 12.0 Å². The summed E-state index contributed by atoms with van der Waals surface area (Å²) in [5, 5.41) is 2.47. The van der Waals surface area contributed by atoms with Gasteiger partial charge in [-0.05, 0) is 65.9 Å². The zero-order valence-corrected chi connectivity index (χ0v) is 13.2. The minimum absolute atomic E-state index is 0.178. The predicted octanol–water partition coefficient (Wildman–Crippen LogP) is 3.98. The summed E-state index contributed by atoms with van der Waals surface area (Å²) in [4.78, 5) is 11.9. The monoisotopic (exact) mass is 403 g/mol. The maximum atomic E-state index is 13.1. The first-order valence-corrected chi connectivity index (χ1v) is 7.22. The lowest BCUT2D eigenvalue weighted by Crippen LogP contribution is -2.30. The third-order valence-electron chi connectivity index (χ3n) is 2.68. The summed E-state index contributed by atoms with van der Waals surface area (Å²) in [6.45, 7) is 1.58. The Morgan fingerprint density at radius 3 is 2.43 bits per heavy atom. The van der Waals surface area contributed by atoms with Crippen molar-refractivity contribution in [2.24, 2.45) is 0 Å². The van der Waals surface area contributed by atoms with Crippen LogP contribution < -0.4 is 10.1 Å². The lowest BCUT2D eigenvalue weighted by atomic mass is 10.2. The molecule has 0 radical (unpaired) electrons. The molecule has 0 aliphatic carbocycles. The zero-order valence-electron chi connectivity index (χ0n) is 11.1. The van der Waals surface area contributed by atoms with E-state index in [4.69, 9.17) is 4.74 Å². The second-order valence-electron chi connectivity index (χ2n) is 4.33. The van der Waals surface area contributed by atoms with Crippen molar-refractivity contribution in [3.63, 3.8) is 0 Å². The number of nitrogens with one attached hydrogen (secondary N) is 1. The Kier molecular flexibility index (Phi) is 5.11. The number of carbonyl (C=O) groups is 1. The van der Waals surface area contributed by atoms with Gasteiger partial charge in [0, 0.05) is 15.3 Å². The fourth-order valence-corrected chi connectivity index (χ4v) is 1.95. The summed E-state index contributed by atoms with van der Waals surface area (Å²) >= 11 is 2.16. The van der Waals surface area contributed by atoms with Gasteiger partial charge in [-0.2, -0.15) is 0 Å². The number of halogens is 3. The summed E-state index contributed by atoms with van der Waals surface area (Å²) < 4.78 is 32.4. The molecule has 110 valence electrons. The highest BCUT2D eigenvalue weighted by molar-refractivity contribution is 14.1. The topological polar surface area (TPSA) is 38.3 Å². The molecule has 2 aromatic rings. The van der Waals surface area contributed by atoms with Crippen LogP contribution in [0, 0.1) is 15.2 Å². The van der Waals surface area contributed by atoms with E-state index in [9.17, 15) is 13.6 Å². The predicted molar refractivity (Wildman–Crippen MR) is 84.2 cm³/mol. The minimum atomic E-state index is -1.01. The van der Waals surface area contributed by atoms with E-state index < -0.39 is 23.6 Å². The third kappa shape index (κ3) is 4.38. The Balaban J connectivity index is 1.98. The molecule has 2 aromatic carbocycles. The first kappa shape index (κ1) is 15.7. The maximum absolute atomic E-state index is 13.1. The summed E-state index contributed by atoms with van der Waals surface area (Å²) in [6.07, 6.45) is -0.766. The molecule has 1 atom stereocenters. The van der Waals surface area contributed by atoms with E-state index in [1.807, 2.05) is 12.1 Å². The van der Waals surface area contributed by atoms with Gasteiger partial charge in [0.1, 0.15) is 5.75 Å². The molecule has 1 amide bonds. The van der Waals surface area contributed by atoms with Gasteiger partial charge < -0.3 is 10.1 Å². The van der Waals surface area contributed by atoms with Crippen molar-refractivity contribution < 1.29 is 18.3 Å². The van der Waals surface area contributed by atoms with Crippen LogP contribution in [0.2, 0.25) is 0 Å². The lowest BCUT2D eigenvalue weighted by molar-refractivity contribution is -0.122. The highest BCUT2D eigenvalue weighted by Gasteiger charge is 2.15. The molecule has 0 heterocycles. The van der Waals surface area contributed by atoms with E-state index in [2.05, 4.69) is 27.9 Å². The van der Waals surface area contributed by atoms with Gasteiger partial charge in [0.2, 0.25) is 0 Å². The molecule has 0 aliphatic heterocycles. The standard InChI is InChI=1S/C15H12F2INO2/c1-9(21-12-5-2-10(18)3-6-12)15(20)19-11-4-7-13(16)14(17)8-11/h2-9H,1H3,(H,19,20)/t9-/m1/s1. The fourth-order valence-electron chi connectivity index (χ4n) is 1.59. The number of hydrogen-bond acceptors (Lipinski definition) is 2. The molecular weight excluding hydrogens is 391 g/mol. The molecule has 0 fully saturated rings. The largest absolute Gasteiger partial charge is 0.481 e. The zero-order chi connectivity index (χ0) is 15.4. The van der Waals surface area contributed by atoms with Crippen molar-refractivity contribution in [2.75, 3.05) is 5.32 Å². The Hall–Kier alpha value is -1.70. The van der Waals surface area contributed by atoms with E-state index in [0.29, 0.717) is 5.75 Å². The Bertz CT molecular complexity index is 647. The van der Waals surface area contributed by atoms with Crippen molar-refractivity contribution in [1.82, 2.24) is 0 Å². The molecule has 6 heteroatoms.